The van der Waals surface area contributed by atoms with Gasteiger partial charge in [-0.3, -0.25) is 4.90 Å². The Labute approximate surface area is 173 Å². The second kappa shape index (κ2) is 9.49. The Balaban J connectivity index is 1.36. The van der Waals surface area contributed by atoms with Crippen LogP contribution in [0.25, 0.3) is 0 Å². The van der Waals surface area contributed by atoms with Crippen LogP contribution in [-0.4, -0.2) is 61.0 Å². The van der Waals surface area contributed by atoms with Crippen LogP contribution in [0.4, 0.5) is 0 Å². The first-order valence-corrected chi connectivity index (χ1v) is 10.4. The van der Waals surface area contributed by atoms with Crippen molar-refractivity contribution in [2.45, 2.75) is 18.4 Å². The van der Waals surface area contributed by atoms with Crippen molar-refractivity contribution in [3.05, 3.63) is 83.4 Å². The largest absolute Gasteiger partial charge is 0.301 e. The number of nitriles is 1. The van der Waals surface area contributed by atoms with Crippen LogP contribution in [-0.2, 0) is 0 Å². The lowest BCUT2D eigenvalue weighted by molar-refractivity contribution is 0.123. The van der Waals surface area contributed by atoms with Gasteiger partial charge in [0.1, 0.15) is 6.04 Å². The fourth-order valence-electron chi connectivity index (χ4n) is 4.28. The van der Waals surface area contributed by atoms with Crippen LogP contribution in [0.3, 0.4) is 0 Å². The smallest absolute Gasteiger partial charge is 0.298 e. The Hall–Kier alpha value is -2.96. The molecule has 2 aliphatic heterocycles. The third-order valence-electron chi connectivity index (χ3n) is 5.92. The summed E-state index contributed by atoms with van der Waals surface area (Å²) in [6.07, 6.45) is 6.63. The molecule has 2 heterocycles. The summed E-state index contributed by atoms with van der Waals surface area (Å²) < 4.78 is 4.12. The van der Waals surface area contributed by atoms with Crippen molar-refractivity contribution in [1.29, 1.82) is 5.26 Å². The molecule has 0 radical (unpaired) electrons. The van der Waals surface area contributed by atoms with Crippen LogP contribution in [0.1, 0.15) is 23.5 Å². The molecule has 146 valence electrons. The predicted octanol–water partition coefficient (Wildman–Crippen LogP) is 2.87. The summed E-state index contributed by atoms with van der Waals surface area (Å²) >= 11 is 0. The average Bonchev–Trinajstić information content (AvgIpc) is 3.31. The normalized spacial score (nSPS) is 18.0. The first kappa shape index (κ1) is 19.4. The van der Waals surface area contributed by atoms with Crippen LogP contribution in [0.2, 0.25) is 0 Å². The van der Waals surface area contributed by atoms with Gasteiger partial charge in [-0.2, -0.15) is 5.26 Å². The lowest BCUT2D eigenvalue weighted by atomic mass is 9.88. The molecule has 0 aromatic heterocycles. The molecule has 1 unspecified atom stereocenters. The van der Waals surface area contributed by atoms with Gasteiger partial charge in [-0.15, -0.1) is 4.67 Å². The molecule has 4 nitrogen and oxygen atoms in total. The molecule has 0 spiro atoms. The van der Waals surface area contributed by atoms with E-state index in [4.69, 9.17) is 0 Å². The van der Waals surface area contributed by atoms with Crippen molar-refractivity contribution in [1.82, 2.24) is 14.5 Å². The van der Waals surface area contributed by atoms with Crippen LogP contribution in [0.5, 0.6) is 0 Å². The van der Waals surface area contributed by atoms with E-state index in [1.54, 1.807) is 6.21 Å². The highest BCUT2D eigenvalue weighted by Gasteiger charge is 2.29. The van der Waals surface area contributed by atoms with Crippen molar-refractivity contribution >= 4 is 12.4 Å². The van der Waals surface area contributed by atoms with E-state index in [1.165, 1.54) is 11.1 Å². The third-order valence-corrected chi connectivity index (χ3v) is 5.92. The second-order valence-electron chi connectivity index (χ2n) is 7.67. The highest BCUT2D eigenvalue weighted by Crippen LogP contribution is 2.28. The lowest BCUT2D eigenvalue weighted by Gasteiger charge is -2.37. The Morgan fingerprint density at radius 2 is 1.52 bits per heavy atom. The molecule has 0 aliphatic carbocycles. The molecule has 0 bridgehead atoms. The van der Waals surface area contributed by atoms with Crippen LogP contribution >= 0.6 is 0 Å². The topological polar surface area (TPSA) is 44.4 Å². The van der Waals surface area contributed by atoms with Gasteiger partial charge in [0.2, 0.25) is 0 Å². The maximum Gasteiger partial charge on any atom is 0.298 e. The van der Waals surface area contributed by atoms with Crippen molar-refractivity contribution in [2.75, 3.05) is 32.7 Å². The summed E-state index contributed by atoms with van der Waals surface area (Å²) in [5.41, 5.74) is 3.77. The van der Waals surface area contributed by atoms with Gasteiger partial charge < -0.3 is 4.90 Å². The van der Waals surface area contributed by atoms with E-state index in [-0.39, 0.29) is 6.04 Å². The van der Waals surface area contributed by atoms with E-state index in [2.05, 4.69) is 81.2 Å². The van der Waals surface area contributed by atoms with Crippen LogP contribution < -0.4 is 4.67 Å². The molecular formula is C25H27N4+. The fourth-order valence-corrected chi connectivity index (χ4v) is 4.28. The van der Waals surface area contributed by atoms with Crippen molar-refractivity contribution in [3.63, 3.8) is 0 Å². The molecular weight excluding hydrogens is 356 g/mol. The van der Waals surface area contributed by atoms with Gasteiger partial charge in [-0.25, -0.2) is 0 Å². The Kier molecular flexibility index (Phi) is 6.34. The SMILES string of the molecule is N#CC(C1=CC=[N+]=C1)N1CCN(CCC(c2ccccc2)c2ccccc2)CC1. The van der Waals surface area contributed by atoms with E-state index in [0.29, 0.717) is 5.92 Å². The number of nitrogens with zero attached hydrogens (tertiary/aromatic N) is 4. The van der Waals surface area contributed by atoms with E-state index in [0.717, 1.165) is 44.7 Å². The first-order chi connectivity index (χ1) is 14.3. The lowest BCUT2D eigenvalue weighted by Crippen LogP contribution is -2.50. The van der Waals surface area contributed by atoms with Gasteiger partial charge in [0, 0.05) is 38.2 Å². The standard InChI is InChI=1S/C25H27N4/c26-19-25(23-11-13-27-20-23)29-17-15-28(16-18-29)14-12-24(21-7-3-1-4-8-21)22-9-5-2-6-10-22/h1-11,13,20,24-25H,12,14-18H2/q+1. The predicted molar refractivity (Wildman–Crippen MR) is 119 cm³/mol. The maximum atomic E-state index is 9.61. The van der Waals surface area contributed by atoms with Gasteiger partial charge in [0.25, 0.3) is 12.4 Å². The molecule has 2 aromatic carbocycles. The number of allylic oxidation sites excluding steroid dienone is 1. The first-order valence-electron chi connectivity index (χ1n) is 10.4. The molecule has 2 aliphatic rings. The summed E-state index contributed by atoms with van der Waals surface area (Å²) in [6, 6.07) is 23.9. The summed E-state index contributed by atoms with van der Waals surface area (Å²) in [5.74, 6) is 0.415. The molecule has 1 saturated heterocycles. The second-order valence-corrected chi connectivity index (χ2v) is 7.67. The Bertz CT molecular complexity index is 888. The quantitative estimate of drug-likeness (QED) is 0.691. The van der Waals surface area contributed by atoms with Crippen LogP contribution in [0, 0.1) is 11.3 Å². The van der Waals surface area contributed by atoms with Crippen molar-refractivity contribution in [3.8, 4) is 6.07 Å². The summed E-state index contributed by atoms with van der Waals surface area (Å²) in [6.45, 7) is 4.91. The molecule has 4 heteroatoms. The zero-order valence-electron chi connectivity index (χ0n) is 16.7. The van der Waals surface area contributed by atoms with E-state index < -0.39 is 0 Å². The molecule has 29 heavy (non-hydrogen) atoms. The fraction of sp³-hybridized carbons (Fsp3) is 0.320. The number of piperazine rings is 1. The Morgan fingerprint density at radius 1 is 0.897 bits per heavy atom. The van der Waals surface area contributed by atoms with E-state index in [1.807, 2.05) is 12.3 Å². The zero-order chi connectivity index (χ0) is 19.9. The van der Waals surface area contributed by atoms with Crippen molar-refractivity contribution in [2.24, 2.45) is 0 Å². The number of benzene rings is 2. The van der Waals surface area contributed by atoms with Gasteiger partial charge >= 0.3 is 0 Å². The van der Waals surface area contributed by atoms with Gasteiger partial charge in [0.15, 0.2) is 0 Å². The molecule has 0 amide bonds. The highest BCUT2D eigenvalue weighted by molar-refractivity contribution is 5.94. The summed E-state index contributed by atoms with van der Waals surface area (Å²) in [5, 5.41) is 9.61. The van der Waals surface area contributed by atoms with Crippen molar-refractivity contribution < 1.29 is 0 Å². The van der Waals surface area contributed by atoms with E-state index >= 15 is 0 Å². The monoisotopic (exact) mass is 383 g/mol. The zero-order valence-corrected chi connectivity index (χ0v) is 16.7. The minimum absolute atomic E-state index is 0.180. The molecule has 0 N–H and O–H groups in total. The average molecular weight is 384 g/mol. The number of hydrogen-bond acceptors (Lipinski definition) is 3. The summed E-state index contributed by atoms with van der Waals surface area (Å²) in [7, 11) is 0. The minimum Gasteiger partial charge on any atom is -0.301 e. The Morgan fingerprint density at radius 3 is 2.03 bits per heavy atom. The maximum absolute atomic E-state index is 9.61. The van der Waals surface area contributed by atoms with Gasteiger partial charge in [-0.05, 0) is 24.1 Å². The molecule has 2 aromatic rings. The number of hydrogen-bond donors (Lipinski definition) is 0. The van der Waals surface area contributed by atoms with Gasteiger partial charge in [-0.1, -0.05) is 60.7 Å². The van der Waals surface area contributed by atoms with Gasteiger partial charge in [0.05, 0.1) is 11.6 Å². The number of rotatable bonds is 7. The molecule has 4 rings (SSSR count). The van der Waals surface area contributed by atoms with Crippen LogP contribution in [0.15, 0.2) is 72.3 Å². The minimum atomic E-state index is -0.180. The highest BCUT2D eigenvalue weighted by atomic mass is 15.3. The third kappa shape index (κ3) is 4.72. The molecule has 0 saturated carbocycles. The molecule has 1 atom stereocenters. The van der Waals surface area contributed by atoms with E-state index in [9.17, 15) is 5.26 Å². The molecule has 1 fully saturated rings. The summed E-state index contributed by atoms with van der Waals surface area (Å²) in [4.78, 5) is 4.81.